The number of benzene rings is 1. The molecular formula is C17H26N2O. The Bertz CT molecular complexity index is 431. The van der Waals surface area contributed by atoms with Gasteiger partial charge in [0.15, 0.2) is 0 Å². The molecule has 3 rings (SSSR count). The third-order valence-electron chi connectivity index (χ3n) is 4.63. The monoisotopic (exact) mass is 274 g/mol. The third-order valence-corrected chi connectivity index (χ3v) is 4.63. The van der Waals surface area contributed by atoms with E-state index in [1.165, 1.54) is 37.9 Å². The smallest absolute Gasteiger partial charge is 0.119 e. The van der Waals surface area contributed by atoms with Gasteiger partial charge in [-0.3, -0.25) is 4.90 Å². The molecule has 2 fully saturated rings. The lowest BCUT2D eigenvalue weighted by atomic mass is 10.1. The van der Waals surface area contributed by atoms with E-state index in [4.69, 9.17) is 4.74 Å². The Morgan fingerprint density at radius 2 is 2.05 bits per heavy atom. The molecule has 2 saturated heterocycles. The fourth-order valence-corrected chi connectivity index (χ4v) is 3.55. The van der Waals surface area contributed by atoms with Crippen molar-refractivity contribution in [2.24, 2.45) is 0 Å². The molecule has 1 aromatic rings. The third kappa shape index (κ3) is 3.15. The second kappa shape index (κ2) is 6.15. The Hall–Kier alpha value is -1.06. The highest BCUT2D eigenvalue weighted by atomic mass is 16.5. The number of nitrogens with zero attached hydrogens (tertiary/aromatic N) is 1. The minimum atomic E-state index is 0.404. The summed E-state index contributed by atoms with van der Waals surface area (Å²) in [6.45, 7) is 7.64. The van der Waals surface area contributed by atoms with Gasteiger partial charge in [-0.2, -0.15) is 0 Å². The molecule has 0 aromatic heterocycles. The van der Waals surface area contributed by atoms with Gasteiger partial charge < -0.3 is 10.1 Å². The van der Waals surface area contributed by atoms with Gasteiger partial charge in [-0.25, -0.2) is 0 Å². The van der Waals surface area contributed by atoms with Crippen molar-refractivity contribution < 1.29 is 4.74 Å². The van der Waals surface area contributed by atoms with Crippen LogP contribution in [0.15, 0.2) is 24.3 Å². The first-order valence-electron chi connectivity index (χ1n) is 7.92. The minimum absolute atomic E-state index is 0.404. The second-order valence-corrected chi connectivity index (χ2v) is 6.33. The van der Waals surface area contributed by atoms with Gasteiger partial charge in [-0.15, -0.1) is 0 Å². The Morgan fingerprint density at radius 3 is 2.85 bits per heavy atom. The Labute approximate surface area is 122 Å². The Balaban J connectivity index is 1.45. The fraction of sp³-hybridized carbons (Fsp3) is 0.647. The summed E-state index contributed by atoms with van der Waals surface area (Å²) in [7, 11) is 0. The first-order valence-corrected chi connectivity index (χ1v) is 7.92. The normalized spacial score (nSPS) is 27.5. The quantitative estimate of drug-likeness (QED) is 0.893. The van der Waals surface area contributed by atoms with Crippen LogP contribution in [-0.4, -0.2) is 42.7 Å². The van der Waals surface area contributed by atoms with Gasteiger partial charge in [-0.05, 0) is 51.8 Å². The zero-order valence-electron chi connectivity index (χ0n) is 12.6. The summed E-state index contributed by atoms with van der Waals surface area (Å²) >= 11 is 0. The number of hydrogen-bond donors (Lipinski definition) is 1. The zero-order valence-corrected chi connectivity index (χ0v) is 12.6. The van der Waals surface area contributed by atoms with Gasteiger partial charge in [0.2, 0.25) is 0 Å². The number of fused-ring (bicyclic) bond motifs is 1. The molecule has 0 amide bonds. The number of aryl methyl sites for hydroxylation is 1. The molecule has 3 heteroatoms. The van der Waals surface area contributed by atoms with Crippen LogP contribution in [0.5, 0.6) is 5.75 Å². The SMILES string of the molecule is Cc1ccc(OCC(C)NC2CCN3CCCC23)cc1. The predicted molar refractivity (Wildman–Crippen MR) is 82.3 cm³/mol. The van der Waals surface area contributed by atoms with Crippen molar-refractivity contribution in [2.75, 3.05) is 19.7 Å². The van der Waals surface area contributed by atoms with E-state index < -0.39 is 0 Å². The van der Waals surface area contributed by atoms with Crippen molar-refractivity contribution in [2.45, 2.75) is 51.2 Å². The van der Waals surface area contributed by atoms with E-state index >= 15 is 0 Å². The summed E-state index contributed by atoms with van der Waals surface area (Å²) in [5.41, 5.74) is 1.27. The van der Waals surface area contributed by atoms with Gasteiger partial charge >= 0.3 is 0 Å². The largest absolute Gasteiger partial charge is 0.492 e. The van der Waals surface area contributed by atoms with Crippen LogP contribution >= 0.6 is 0 Å². The van der Waals surface area contributed by atoms with E-state index in [-0.39, 0.29) is 0 Å². The number of nitrogens with one attached hydrogen (secondary N) is 1. The van der Waals surface area contributed by atoms with Crippen LogP contribution in [0.1, 0.15) is 31.7 Å². The van der Waals surface area contributed by atoms with Gasteiger partial charge in [0, 0.05) is 24.7 Å². The van der Waals surface area contributed by atoms with Crippen molar-refractivity contribution in [3.63, 3.8) is 0 Å². The van der Waals surface area contributed by atoms with Crippen molar-refractivity contribution >= 4 is 0 Å². The maximum atomic E-state index is 5.87. The molecule has 110 valence electrons. The molecule has 0 aliphatic carbocycles. The number of rotatable bonds is 5. The Morgan fingerprint density at radius 1 is 1.25 bits per heavy atom. The summed E-state index contributed by atoms with van der Waals surface area (Å²) in [6.07, 6.45) is 4.03. The van der Waals surface area contributed by atoms with E-state index in [2.05, 4.69) is 48.3 Å². The second-order valence-electron chi connectivity index (χ2n) is 6.33. The van der Waals surface area contributed by atoms with Gasteiger partial charge in [0.1, 0.15) is 12.4 Å². The highest BCUT2D eigenvalue weighted by Gasteiger charge is 2.37. The lowest BCUT2D eigenvalue weighted by molar-refractivity contribution is 0.241. The van der Waals surface area contributed by atoms with Gasteiger partial charge in [0.05, 0.1) is 0 Å². The lowest BCUT2D eigenvalue weighted by Gasteiger charge is -2.25. The van der Waals surface area contributed by atoms with E-state index in [9.17, 15) is 0 Å². The van der Waals surface area contributed by atoms with Gasteiger partial charge in [0.25, 0.3) is 0 Å². The average Bonchev–Trinajstić information content (AvgIpc) is 3.03. The van der Waals surface area contributed by atoms with Crippen LogP contribution in [0.3, 0.4) is 0 Å². The van der Waals surface area contributed by atoms with Crippen LogP contribution in [0.25, 0.3) is 0 Å². The molecule has 0 bridgehead atoms. The zero-order chi connectivity index (χ0) is 13.9. The Kier molecular flexibility index (Phi) is 4.27. The highest BCUT2D eigenvalue weighted by Crippen LogP contribution is 2.28. The van der Waals surface area contributed by atoms with E-state index in [1.807, 2.05) is 0 Å². The van der Waals surface area contributed by atoms with E-state index in [0.717, 1.165) is 18.4 Å². The fourth-order valence-electron chi connectivity index (χ4n) is 3.55. The number of ether oxygens (including phenoxy) is 1. The molecule has 0 radical (unpaired) electrons. The summed E-state index contributed by atoms with van der Waals surface area (Å²) in [6, 6.07) is 10.1. The molecule has 0 spiro atoms. The summed E-state index contributed by atoms with van der Waals surface area (Å²) < 4.78 is 5.87. The van der Waals surface area contributed by atoms with Crippen molar-refractivity contribution in [1.82, 2.24) is 10.2 Å². The molecule has 2 aliphatic rings. The summed E-state index contributed by atoms with van der Waals surface area (Å²) in [5.74, 6) is 0.971. The maximum absolute atomic E-state index is 5.87. The first-order chi connectivity index (χ1) is 9.72. The molecule has 3 nitrogen and oxygen atoms in total. The van der Waals surface area contributed by atoms with Gasteiger partial charge in [-0.1, -0.05) is 17.7 Å². The highest BCUT2D eigenvalue weighted by molar-refractivity contribution is 5.26. The summed E-state index contributed by atoms with van der Waals surface area (Å²) in [5, 5.41) is 3.77. The van der Waals surface area contributed by atoms with Crippen LogP contribution in [0.2, 0.25) is 0 Å². The van der Waals surface area contributed by atoms with E-state index in [0.29, 0.717) is 12.1 Å². The predicted octanol–water partition coefficient (Wildman–Crippen LogP) is 2.59. The first kappa shape index (κ1) is 13.9. The minimum Gasteiger partial charge on any atom is -0.492 e. The maximum Gasteiger partial charge on any atom is 0.119 e. The van der Waals surface area contributed by atoms with E-state index in [1.54, 1.807) is 0 Å². The molecule has 1 aromatic carbocycles. The van der Waals surface area contributed by atoms with Crippen LogP contribution in [0, 0.1) is 6.92 Å². The van der Waals surface area contributed by atoms with Crippen molar-refractivity contribution in [3.05, 3.63) is 29.8 Å². The van der Waals surface area contributed by atoms with Crippen LogP contribution in [-0.2, 0) is 0 Å². The molecule has 0 saturated carbocycles. The molecule has 3 atom stereocenters. The molecular weight excluding hydrogens is 248 g/mol. The van der Waals surface area contributed by atoms with Crippen molar-refractivity contribution in [3.8, 4) is 5.75 Å². The van der Waals surface area contributed by atoms with Crippen LogP contribution < -0.4 is 10.1 Å². The topological polar surface area (TPSA) is 24.5 Å². The molecule has 1 N–H and O–H groups in total. The average molecular weight is 274 g/mol. The molecule has 3 unspecified atom stereocenters. The summed E-state index contributed by atoms with van der Waals surface area (Å²) in [4.78, 5) is 2.64. The molecule has 20 heavy (non-hydrogen) atoms. The van der Waals surface area contributed by atoms with Crippen molar-refractivity contribution in [1.29, 1.82) is 0 Å². The lowest BCUT2D eigenvalue weighted by Crippen LogP contribution is -2.45. The molecule has 2 heterocycles. The molecule has 2 aliphatic heterocycles. The standard InChI is InChI=1S/C17H26N2O/c1-13-5-7-15(8-6-13)20-12-14(2)18-16-9-11-19-10-3-4-17(16)19/h5-8,14,16-18H,3-4,9-12H2,1-2H3. The van der Waals surface area contributed by atoms with Crippen LogP contribution in [0.4, 0.5) is 0 Å². The number of hydrogen-bond acceptors (Lipinski definition) is 3.